The van der Waals surface area contributed by atoms with E-state index >= 15 is 0 Å². The van der Waals surface area contributed by atoms with Crippen LogP contribution in [0.3, 0.4) is 0 Å². The van der Waals surface area contributed by atoms with E-state index in [0.717, 1.165) is 22.6 Å². The number of carbonyl (C=O) groups excluding carboxylic acids is 1. The summed E-state index contributed by atoms with van der Waals surface area (Å²) in [6, 6.07) is 12.9. The van der Waals surface area contributed by atoms with Gasteiger partial charge in [-0.05, 0) is 69.4 Å². The van der Waals surface area contributed by atoms with Gasteiger partial charge in [0.1, 0.15) is 11.6 Å². The molecular formula is C26H31FN4O3S. The van der Waals surface area contributed by atoms with E-state index < -0.39 is 10.8 Å². The Hall–Kier alpha value is -3.01. The zero-order valence-corrected chi connectivity index (χ0v) is 20.9. The maximum atomic E-state index is 13.1. The van der Waals surface area contributed by atoms with Gasteiger partial charge in [0.15, 0.2) is 0 Å². The van der Waals surface area contributed by atoms with Crippen LogP contribution < -0.4 is 5.32 Å². The Bertz CT molecular complexity index is 1190. The van der Waals surface area contributed by atoms with Crippen LogP contribution in [0.2, 0.25) is 0 Å². The van der Waals surface area contributed by atoms with E-state index in [-0.39, 0.29) is 23.7 Å². The Kier molecular flexibility index (Phi) is 7.39. The van der Waals surface area contributed by atoms with Gasteiger partial charge in [0, 0.05) is 30.4 Å². The molecule has 1 amide bonds. The molecule has 3 N–H and O–H groups in total. The first-order valence-corrected chi connectivity index (χ1v) is 13.1. The molecule has 1 aromatic heterocycles. The SMILES string of the molecule is Cc1nc(-c2ccc(S(O)(O)N=C3CCC(C(=O)NC(C)c4ccc(F)cc4)CC3)cc2)cn1C. The van der Waals surface area contributed by atoms with Crippen LogP contribution in [0, 0.1) is 18.7 Å². The number of carbonyl (C=O) groups is 1. The summed E-state index contributed by atoms with van der Waals surface area (Å²) in [5.74, 6) is 0.373. The number of rotatable bonds is 6. The summed E-state index contributed by atoms with van der Waals surface area (Å²) >= 11 is 0. The Morgan fingerprint density at radius 1 is 1.14 bits per heavy atom. The van der Waals surface area contributed by atoms with Gasteiger partial charge < -0.3 is 9.88 Å². The first-order chi connectivity index (χ1) is 16.6. The second kappa shape index (κ2) is 10.3. The minimum Gasteiger partial charge on any atom is -0.349 e. The van der Waals surface area contributed by atoms with Crippen LogP contribution in [0.4, 0.5) is 4.39 Å². The maximum Gasteiger partial charge on any atom is 0.223 e. The highest BCUT2D eigenvalue weighted by Gasteiger charge is 2.27. The third-order valence-corrected chi connectivity index (χ3v) is 7.91. The second-order valence-electron chi connectivity index (χ2n) is 9.04. The fraction of sp³-hybridized carbons (Fsp3) is 0.346. The van der Waals surface area contributed by atoms with Gasteiger partial charge in [-0.3, -0.25) is 13.9 Å². The van der Waals surface area contributed by atoms with E-state index in [9.17, 15) is 18.3 Å². The Morgan fingerprint density at radius 2 is 1.77 bits per heavy atom. The van der Waals surface area contributed by atoms with Gasteiger partial charge in [0.05, 0.1) is 16.6 Å². The molecule has 0 aliphatic heterocycles. The molecule has 1 aliphatic rings. The minimum absolute atomic E-state index is 0.0483. The molecule has 1 aliphatic carbocycles. The van der Waals surface area contributed by atoms with Gasteiger partial charge in [-0.25, -0.2) is 9.37 Å². The predicted octanol–water partition coefficient (Wildman–Crippen LogP) is 6.07. The van der Waals surface area contributed by atoms with Crippen LogP contribution in [0.5, 0.6) is 0 Å². The molecule has 35 heavy (non-hydrogen) atoms. The number of nitrogens with one attached hydrogen (secondary N) is 1. The highest BCUT2D eigenvalue weighted by molar-refractivity contribution is 8.23. The van der Waals surface area contributed by atoms with Crippen molar-refractivity contribution in [2.75, 3.05) is 0 Å². The average molecular weight is 499 g/mol. The molecule has 4 rings (SSSR count). The van der Waals surface area contributed by atoms with Crippen LogP contribution in [0.1, 0.15) is 50.0 Å². The summed E-state index contributed by atoms with van der Waals surface area (Å²) in [5.41, 5.74) is 3.27. The smallest absolute Gasteiger partial charge is 0.223 e. The molecule has 186 valence electrons. The Labute approximate surface area is 206 Å². The summed E-state index contributed by atoms with van der Waals surface area (Å²) in [5, 5.41) is 3.00. The van der Waals surface area contributed by atoms with E-state index in [1.807, 2.05) is 43.8 Å². The number of imidazole rings is 1. The lowest BCUT2D eigenvalue weighted by molar-refractivity contribution is -0.126. The Morgan fingerprint density at radius 3 is 2.34 bits per heavy atom. The van der Waals surface area contributed by atoms with Gasteiger partial charge in [-0.15, -0.1) is 0 Å². The number of benzene rings is 2. The summed E-state index contributed by atoms with van der Waals surface area (Å²) in [6.07, 6.45) is 4.18. The number of aryl methyl sites for hydroxylation is 2. The van der Waals surface area contributed by atoms with E-state index in [2.05, 4.69) is 14.7 Å². The molecule has 1 saturated carbocycles. The fourth-order valence-electron chi connectivity index (χ4n) is 4.21. The lowest BCUT2D eigenvalue weighted by Crippen LogP contribution is -2.35. The van der Waals surface area contributed by atoms with Crippen molar-refractivity contribution in [1.29, 1.82) is 0 Å². The highest BCUT2D eigenvalue weighted by atomic mass is 32.3. The van der Waals surface area contributed by atoms with Gasteiger partial charge in [-0.2, -0.15) is 4.40 Å². The summed E-state index contributed by atoms with van der Waals surface area (Å²) in [4.78, 5) is 17.6. The first kappa shape index (κ1) is 25.1. The lowest BCUT2D eigenvalue weighted by atomic mass is 9.87. The monoisotopic (exact) mass is 498 g/mol. The van der Waals surface area contributed by atoms with Crippen molar-refractivity contribution >= 4 is 22.4 Å². The third kappa shape index (κ3) is 5.98. The Balaban J connectivity index is 1.35. The van der Waals surface area contributed by atoms with Gasteiger partial charge >= 0.3 is 0 Å². The number of halogens is 1. The molecule has 7 nitrogen and oxygen atoms in total. The van der Waals surface area contributed by atoms with Crippen LogP contribution in [-0.2, 0) is 11.8 Å². The average Bonchev–Trinajstić information content (AvgIpc) is 3.18. The summed E-state index contributed by atoms with van der Waals surface area (Å²) in [7, 11) is -1.40. The summed E-state index contributed by atoms with van der Waals surface area (Å²) in [6.45, 7) is 3.80. The summed E-state index contributed by atoms with van der Waals surface area (Å²) < 4.78 is 40.8. The van der Waals surface area contributed by atoms with Crippen LogP contribution in [-0.4, -0.2) is 30.3 Å². The van der Waals surface area contributed by atoms with Crippen molar-refractivity contribution in [2.24, 2.45) is 17.4 Å². The van der Waals surface area contributed by atoms with Crippen molar-refractivity contribution in [1.82, 2.24) is 14.9 Å². The number of aromatic nitrogens is 2. The number of amides is 1. The van der Waals surface area contributed by atoms with E-state index in [0.29, 0.717) is 36.3 Å². The fourth-order valence-corrected chi connectivity index (χ4v) is 5.36. The molecule has 9 heteroatoms. The molecule has 1 heterocycles. The lowest BCUT2D eigenvalue weighted by Gasteiger charge is -2.30. The van der Waals surface area contributed by atoms with Gasteiger partial charge in [-0.1, -0.05) is 35.0 Å². The maximum absolute atomic E-state index is 13.1. The second-order valence-corrected chi connectivity index (χ2v) is 10.7. The molecule has 1 atom stereocenters. The molecule has 0 bridgehead atoms. The van der Waals surface area contributed by atoms with E-state index in [1.54, 1.807) is 24.3 Å². The molecule has 1 fully saturated rings. The standard InChI is InChI=1S/C26H31FN4O3S/c1-17(19-4-10-22(27)11-5-19)28-26(32)21-6-12-23(13-7-21)30-35(33,34)24-14-8-20(9-15-24)25-16-31(3)18(2)29-25/h4-5,8-11,14-17,21,33-34H,6-7,12-13H2,1-3H3,(H,28,32). The largest absolute Gasteiger partial charge is 0.349 e. The molecular weight excluding hydrogens is 467 g/mol. The molecule has 0 radical (unpaired) electrons. The topological polar surface area (TPSA) is 99.7 Å². The highest BCUT2D eigenvalue weighted by Crippen LogP contribution is 2.50. The third-order valence-electron chi connectivity index (χ3n) is 6.49. The molecule has 3 aromatic rings. The number of hydrogen-bond donors (Lipinski definition) is 3. The molecule has 0 saturated heterocycles. The normalized spacial score (nSPS) is 17.7. The zero-order chi connectivity index (χ0) is 25.2. The zero-order valence-electron chi connectivity index (χ0n) is 20.1. The first-order valence-electron chi connectivity index (χ1n) is 11.6. The molecule has 0 spiro atoms. The van der Waals surface area contributed by atoms with Crippen LogP contribution in [0.15, 0.2) is 64.0 Å². The molecule has 1 unspecified atom stereocenters. The number of hydrogen-bond acceptors (Lipinski definition) is 5. The van der Waals surface area contributed by atoms with Crippen molar-refractivity contribution in [3.8, 4) is 11.3 Å². The van der Waals surface area contributed by atoms with Crippen molar-refractivity contribution < 1.29 is 18.3 Å². The van der Waals surface area contributed by atoms with Crippen molar-refractivity contribution in [3.05, 3.63) is 71.9 Å². The number of nitrogens with zero attached hydrogens (tertiary/aromatic N) is 3. The van der Waals surface area contributed by atoms with Gasteiger partial charge in [0.25, 0.3) is 0 Å². The van der Waals surface area contributed by atoms with E-state index in [1.165, 1.54) is 12.1 Å². The van der Waals surface area contributed by atoms with Gasteiger partial charge in [0.2, 0.25) is 5.91 Å². The van der Waals surface area contributed by atoms with E-state index in [4.69, 9.17) is 0 Å². The quantitative estimate of drug-likeness (QED) is 0.384. The molecule has 2 aromatic carbocycles. The van der Waals surface area contributed by atoms with Crippen LogP contribution >= 0.6 is 10.8 Å². The van der Waals surface area contributed by atoms with Crippen LogP contribution in [0.25, 0.3) is 11.3 Å². The van der Waals surface area contributed by atoms with Crippen molar-refractivity contribution in [2.45, 2.75) is 50.5 Å². The minimum atomic E-state index is -3.33. The van der Waals surface area contributed by atoms with Crippen molar-refractivity contribution in [3.63, 3.8) is 0 Å². The predicted molar refractivity (Wildman–Crippen MR) is 137 cm³/mol.